The van der Waals surface area contributed by atoms with E-state index in [9.17, 15) is 10.0 Å². The van der Waals surface area contributed by atoms with Gasteiger partial charge in [-0.3, -0.25) is 15.4 Å². The number of ether oxygens (including phenoxy) is 2. The highest BCUT2D eigenvalue weighted by Gasteiger charge is 2.38. The molecule has 4 N–H and O–H groups in total. The topological polar surface area (TPSA) is 126 Å². The number of hydrogen-bond donors (Lipinski definition) is 3. The first kappa shape index (κ1) is 21.1. The van der Waals surface area contributed by atoms with Crippen LogP contribution in [-0.4, -0.2) is 47.1 Å². The number of nitrogens with zero attached hydrogens (tertiary/aromatic N) is 4. The van der Waals surface area contributed by atoms with Gasteiger partial charge >= 0.3 is 0 Å². The Bertz CT molecular complexity index is 1180. The number of aromatic nitrogens is 1. The summed E-state index contributed by atoms with van der Waals surface area (Å²) in [5.41, 5.74) is 12.2. The fraction of sp³-hybridized carbons (Fsp3) is 0.348. The summed E-state index contributed by atoms with van der Waals surface area (Å²) in [6.07, 6.45) is 4.52. The van der Waals surface area contributed by atoms with E-state index in [1.54, 1.807) is 17.2 Å². The van der Waals surface area contributed by atoms with Gasteiger partial charge in [0.15, 0.2) is 0 Å². The SMILES string of the molecule is CC1(C)Oc2cc(N3CCCC3=O)ccc2C(=C/N)/C1=N\Nc1cnc2c(c1)N(O)CCO2. The van der Waals surface area contributed by atoms with E-state index in [0.29, 0.717) is 54.8 Å². The fourth-order valence-electron chi connectivity index (χ4n) is 4.31. The summed E-state index contributed by atoms with van der Waals surface area (Å²) in [5.74, 6) is 1.14. The standard InChI is InChI=1S/C23H26N6O4/c1-23(2)21(27-26-14-10-18-22(25-13-14)32-9-8-29(18)31)17(12-24)16-6-5-15(11-19(16)33-23)28-7-3-4-20(28)30/h5-6,10-13,26,31H,3-4,7-9,24H2,1-2H3/b17-12-,27-21+. The number of anilines is 3. The maximum Gasteiger partial charge on any atom is 0.240 e. The Balaban J connectivity index is 1.46. The molecule has 172 valence electrons. The van der Waals surface area contributed by atoms with Gasteiger partial charge in [0, 0.05) is 42.1 Å². The number of hydrazone groups is 1. The minimum Gasteiger partial charge on any atom is -0.481 e. The first-order valence-electron chi connectivity index (χ1n) is 10.9. The third-order valence-corrected chi connectivity index (χ3v) is 5.95. The van der Waals surface area contributed by atoms with Crippen molar-refractivity contribution in [3.05, 3.63) is 42.2 Å². The van der Waals surface area contributed by atoms with E-state index in [0.717, 1.165) is 28.3 Å². The van der Waals surface area contributed by atoms with Crippen molar-refractivity contribution in [1.29, 1.82) is 0 Å². The molecule has 1 aromatic carbocycles. The molecule has 2 aromatic rings. The highest BCUT2D eigenvalue weighted by molar-refractivity contribution is 6.29. The highest BCUT2D eigenvalue weighted by Crippen LogP contribution is 2.41. The molecule has 4 heterocycles. The molecule has 1 fully saturated rings. The van der Waals surface area contributed by atoms with Crippen molar-refractivity contribution in [3.8, 4) is 11.6 Å². The Morgan fingerprint density at radius 2 is 2.15 bits per heavy atom. The minimum absolute atomic E-state index is 0.122. The molecule has 3 aliphatic rings. The van der Waals surface area contributed by atoms with Gasteiger partial charge < -0.3 is 20.1 Å². The largest absolute Gasteiger partial charge is 0.481 e. The van der Waals surface area contributed by atoms with Crippen molar-refractivity contribution in [1.82, 2.24) is 4.98 Å². The summed E-state index contributed by atoms with van der Waals surface area (Å²) in [6, 6.07) is 7.40. The number of carbonyl (C=O) groups excluding carboxylic acids is 1. The Labute approximate surface area is 191 Å². The summed E-state index contributed by atoms with van der Waals surface area (Å²) in [4.78, 5) is 18.2. The molecular formula is C23H26N6O4. The van der Waals surface area contributed by atoms with Gasteiger partial charge in [-0.1, -0.05) is 0 Å². The number of amides is 1. The number of fused-ring (bicyclic) bond motifs is 2. The van der Waals surface area contributed by atoms with Crippen molar-refractivity contribution in [2.45, 2.75) is 32.3 Å². The predicted molar refractivity (Wildman–Crippen MR) is 125 cm³/mol. The van der Waals surface area contributed by atoms with Crippen LogP contribution < -0.4 is 30.6 Å². The van der Waals surface area contributed by atoms with E-state index in [1.165, 1.54) is 6.20 Å². The van der Waals surface area contributed by atoms with E-state index >= 15 is 0 Å². The lowest BCUT2D eigenvalue weighted by Crippen LogP contribution is -2.43. The monoisotopic (exact) mass is 450 g/mol. The number of pyridine rings is 1. The van der Waals surface area contributed by atoms with E-state index in [1.807, 2.05) is 32.0 Å². The van der Waals surface area contributed by atoms with Gasteiger partial charge in [0.1, 0.15) is 29.4 Å². The molecular weight excluding hydrogens is 424 g/mol. The highest BCUT2D eigenvalue weighted by atomic mass is 16.5. The number of nitrogens with one attached hydrogen (secondary N) is 1. The van der Waals surface area contributed by atoms with Crippen LogP contribution in [-0.2, 0) is 4.79 Å². The summed E-state index contributed by atoms with van der Waals surface area (Å²) >= 11 is 0. The van der Waals surface area contributed by atoms with Gasteiger partial charge in [0.25, 0.3) is 0 Å². The Hall–Kier alpha value is -3.79. The molecule has 33 heavy (non-hydrogen) atoms. The average Bonchev–Trinajstić information content (AvgIpc) is 3.22. The van der Waals surface area contributed by atoms with Crippen molar-refractivity contribution in [2.75, 3.05) is 35.1 Å². The molecule has 10 heteroatoms. The molecule has 3 aliphatic heterocycles. The molecule has 0 spiro atoms. The second-order valence-electron chi connectivity index (χ2n) is 8.61. The smallest absolute Gasteiger partial charge is 0.240 e. The molecule has 0 atom stereocenters. The quantitative estimate of drug-likeness (QED) is 0.610. The van der Waals surface area contributed by atoms with Crippen molar-refractivity contribution >= 4 is 34.3 Å². The van der Waals surface area contributed by atoms with Crippen molar-refractivity contribution < 1.29 is 19.5 Å². The molecule has 1 amide bonds. The lowest BCUT2D eigenvalue weighted by molar-refractivity contribution is -0.117. The Kier molecular flexibility index (Phi) is 5.09. The number of carbonyl (C=O) groups is 1. The molecule has 1 saturated heterocycles. The summed E-state index contributed by atoms with van der Waals surface area (Å²) in [7, 11) is 0. The zero-order valence-electron chi connectivity index (χ0n) is 18.5. The van der Waals surface area contributed by atoms with E-state index in [2.05, 4.69) is 15.5 Å². The maximum absolute atomic E-state index is 12.2. The number of nitrogens with two attached hydrogens (primary N) is 1. The fourth-order valence-corrected chi connectivity index (χ4v) is 4.31. The Morgan fingerprint density at radius 1 is 1.30 bits per heavy atom. The zero-order chi connectivity index (χ0) is 23.2. The number of hydrogen-bond acceptors (Lipinski definition) is 9. The van der Waals surface area contributed by atoms with E-state index in [-0.39, 0.29) is 5.91 Å². The average molecular weight is 450 g/mol. The van der Waals surface area contributed by atoms with Crippen LogP contribution in [0.4, 0.5) is 17.1 Å². The second-order valence-corrected chi connectivity index (χ2v) is 8.61. The van der Waals surface area contributed by atoms with Crippen LogP contribution in [0.15, 0.2) is 41.8 Å². The number of hydroxylamine groups is 1. The summed E-state index contributed by atoms with van der Waals surface area (Å²) in [6.45, 7) is 5.25. The van der Waals surface area contributed by atoms with Gasteiger partial charge in [-0.05, 0) is 38.5 Å². The number of rotatable bonds is 3. The third-order valence-electron chi connectivity index (χ3n) is 5.95. The first-order valence-corrected chi connectivity index (χ1v) is 10.9. The van der Waals surface area contributed by atoms with E-state index in [4.69, 9.17) is 15.2 Å². The van der Waals surface area contributed by atoms with Gasteiger partial charge in [0.2, 0.25) is 11.8 Å². The van der Waals surface area contributed by atoms with Gasteiger partial charge in [-0.25, -0.2) is 10.0 Å². The molecule has 0 unspecified atom stereocenters. The van der Waals surface area contributed by atoms with Crippen LogP contribution in [0.25, 0.3) is 5.57 Å². The maximum atomic E-state index is 12.2. The Morgan fingerprint density at radius 3 is 2.91 bits per heavy atom. The number of benzene rings is 1. The van der Waals surface area contributed by atoms with Crippen LogP contribution in [0.2, 0.25) is 0 Å². The van der Waals surface area contributed by atoms with Gasteiger partial charge in [0.05, 0.1) is 18.4 Å². The predicted octanol–water partition coefficient (Wildman–Crippen LogP) is 2.74. The lowest BCUT2D eigenvalue weighted by atomic mass is 9.87. The first-order chi connectivity index (χ1) is 15.9. The van der Waals surface area contributed by atoms with Crippen LogP contribution >= 0.6 is 0 Å². The summed E-state index contributed by atoms with van der Waals surface area (Å²) in [5, 5.41) is 15.8. The molecule has 0 aliphatic carbocycles. The molecule has 5 rings (SSSR count). The molecule has 10 nitrogen and oxygen atoms in total. The molecule has 0 bridgehead atoms. The van der Waals surface area contributed by atoms with Gasteiger partial charge in [-0.2, -0.15) is 5.10 Å². The normalized spacial score (nSPS) is 21.5. The third kappa shape index (κ3) is 3.72. The second kappa shape index (κ2) is 7.96. The van der Waals surface area contributed by atoms with Crippen molar-refractivity contribution in [3.63, 3.8) is 0 Å². The zero-order valence-corrected chi connectivity index (χ0v) is 18.5. The van der Waals surface area contributed by atoms with Gasteiger partial charge in [-0.15, -0.1) is 0 Å². The minimum atomic E-state index is -0.799. The van der Waals surface area contributed by atoms with Crippen LogP contribution in [0, 0.1) is 0 Å². The van der Waals surface area contributed by atoms with Crippen molar-refractivity contribution in [2.24, 2.45) is 10.8 Å². The van der Waals surface area contributed by atoms with E-state index < -0.39 is 5.60 Å². The van der Waals surface area contributed by atoms with Crippen LogP contribution in [0.3, 0.4) is 0 Å². The van der Waals surface area contributed by atoms with Crippen LogP contribution in [0.5, 0.6) is 11.6 Å². The molecule has 0 radical (unpaired) electrons. The van der Waals surface area contributed by atoms with Crippen LogP contribution in [0.1, 0.15) is 32.3 Å². The summed E-state index contributed by atoms with van der Waals surface area (Å²) < 4.78 is 11.8. The molecule has 0 saturated carbocycles. The lowest BCUT2D eigenvalue weighted by Gasteiger charge is -2.36. The molecule has 1 aromatic heterocycles.